The molecule has 0 amide bonds. The van der Waals surface area contributed by atoms with Crippen molar-refractivity contribution in [3.05, 3.63) is 41.1 Å². The van der Waals surface area contributed by atoms with Gasteiger partial charge in [0.15, 0.2) is 0 Å². The van der Waals surface area contributed by atoms with Gasteiger partial charge in [0.25, 0.3) is 0 Å². The first-order valence-electron chi connectivity index (χ1n) is 4.90. The maximum atomic E-state index is 6.15. The Morgan fingerprint density at radius 2 is 2.20 bits per heavy atom. The largest absolute Gasteiger partial charge is 0.466 e. The van der Waals surface area contributed by atoms with Crippen molar-refractivity contribution in [2.45, 2.75) is 19.9 Å². The van der Waals surface area contributed by atoms with E-state index in [2.05, 4.69) is 5.10 Å². The van der Waals surface area contributed by atoms with Crippen LogP contribution in [0.15, 0.2) is 22.7 Å². The lowest BCUT2D eigenvalue weighted by atomic mass is 10.1. The van der Waals surface area contributed by atoms with E-state index in [9.17, 15) is 0 Å². The molecule has 15 heavy (non-hydrogen) atoms. The molecule has 0 spiro atoms. The number of aromatic nitrogens is 2. The first-order chi connectivity index (χ1) is 7.09. The second kappa shape index (κ2) is 3.55. The van der Waals surface area contributed by atoms with Crippen LogP contribution in [0.25, 0.3) is 0 Å². The highest BCUT2D eigenvalue weighted by molar-refractivity contribution is 5.30. The number of furan rings is 1. The van der Waals surface area contributed by atoms with E-state index in [4.69, 9.17) is 10.2 Å². The van der Waals surface area contributed by atoms with Crippen LogP contribution in [-0.4, -0.2) is 9.78 Å². The molecule has 2 aromatic rings. The van der Waals surface area contributed by atoms with E-state index in [1.54, 1.807) is 10.9 Å². The van der Waals surface area contributed by atoms with Gasteiger partial charge in [-0.2, -0.15) is 5.10 Å². The van der Waals surface area contributed by atoms with Crippen LogP contribution >= 0.6 is 0 Å². The normalized spacial score (nSPS) is 13.1. The minimum Gasteiger partial charge on any atom is -0.466 e. The fraction of sp³-hybridized carbons (Fsp3) is 0.364. The smallest absolute Gasteiger partial charge is 0.106 e. The molecule has 2 aromatic heterocycles. The second-order valence-corrected chi connectivity index (χ2v) is 3.73. The van der Waals surface area contributed by atoms with E-state index in [1.165, 1.54) is 0 Å². The number of aryl methyl sites for hydroxylation is 3. The van der Waals surface area contributed by atoms with Gasteiger partial charge in [0.1, 0.15) is 11.5 Å². The van der Waals surface area contributed by atoms with Crippen LogP contribution in [-0.2, 0) is 7.05 Å². The fourth-order valence-corrected chi connectivity index (χ4v) is 1.81. The zero-order chi connectivity index (χ0) is 11.0. The van der Waals surface area contributed by atoms with Crippen LogP contribution in [0, 0.1) is 13.8 Å². The number of rotatable bonds is 2. The topological polar surface area (TPSA) is 57.0 Å². The molecule has 0 aliphatic heterocycles. The standard InChI is InChI=1S/C11H15N3O/c1-7-6-9(8(2)15-7)11(12)10-4-5-13-14(10)3/h4-6,11H,12H2,1-3H3. The van der Waals surface area contributed by atoms with Crippen molar-refractivity contribution < 1.29 is 4.42 Å². The van der Waals surface area contributed by atoms with Gasteiger partial charge in [-0.25, -0.2) is 0 Å². The SMILES string of the molecule is Cc1cc(C(N)c2ccnn2C)c(C)o1. The van der Waals surface area contributed by atoms with Crippen molar-refractivity contribution in [1.82, 2.24) is 9.78 Å². The molecule has 2 N–H and O–H groups in total. The summed E-state index contributed by atoms with van der Waals surface area (Å²) in [5.41, 5.74) is 8.16. The van der Waals surface area contributed by atoms with Crippen molar-refractivity contribution in [2.75, 3.05) is 0 Å². The molecule has 4 heteroatoms. The molecule has 0 aliphatic rings. The predicted molar refractivity (Wildman–Crippen MR) is 57.4 cm³/mol. The third-order valence-electron chi connectivity index (χ3n) is 2.59. The van der Waals surface area contributed by atoms with Crippen molar-refractivity contribution >= 4 is 0 Å². The van der Waals surface area contributed by atoms with Crippen molar-refractivity contribution in [1.29, 1.82) is 0 Å². The average Bonchev–Trinajstić information content (AvgIpc) is 2.71. The van der Waals surface area contributed by atoms with Crippen molar-refractivity contribution in [3.8, 4) is 0 Å². The van der Waals surface area contributed by atoms with Crippen LogP contribution in [0.5, 0.6) is 0 Å². The Morgan fingerprint density at radius 1 is 1.47 bits per heavy atom. The first kappa shape index (κ1) is 9.98. The molecule has 4 nitrogen and oxygen atoms in total. The number of nitrogens with zero attached hydrogens (tertiary/aromatic N) is 2. The Kier molecular flexibility index (Phi) is 2.36. The Balaban J connectivity index is 2.40. The summed E-state index contributed by atoms with van der Waals surface area (Å²) in [4.78, 5) is 0. The van der Waals surface area contributed by atoms with Gasteiger partial charge in [-0.1, -0.05) is 0 Å². The zero-order valence-corrected chi connectivity index (χ0v) is 9.19. The van der Waals surface area contributed by atoms with Gasteiger partial charge in [0.2, 0.25) is 0 Å². The molecule has 0 fully saturated rings. The molecular weight excluding hydrogens is 190 g/mol. The van der Waals surface area contributed by atoms with Crippen molar-refractivity contribution in [3.63, 3.8) is 0 Å². The molecule has 0 bridgehead atoms. The Hall–Kier alpha value is -1.55. The van der Waals surface area contributed by atoms with Crippen LogP contribution in [0.4, 0.5) is 0 Å². The molecule has 80 valence electrons. The average molecular weight is 205 g/mol. The highest BCUT2D eigenvalue weighted by Gasteiger charge is 2.17. The fourth-order valence-electron chi connectivity index (χ4n) is 1.81. The Bertz CT molecular complexity index is 470. The van der Waals surface area contributed by atoms with Crippen LogP contribution < -0.4 is 5.73 Å². The molecule has 1 unspecified atom stereocenters. The van der Waals surface area contributed by atoms with E-state index >= 15 is 0 Å². The van der Waals surface area contributed by atoms with Gasteiger partial charge in [-0.15, -0.1) is 0 Å². The summed E-state index contributed by atoms with van der Waals surface area (Å²) in [5, 5.41) is 4.11. The molecule has 0 radical (unpaired) electrons. The van der Waals surface area contributed by atoms with Gasteiger partial charge >= 0.3 is 0 Å². The van der Waals surface area contributed by atoms with E-state index in [-0.39, 0.29) is 6.04 Å². The number of hydrogen-bond donors (Lipinski definition) is 1. The Morgan fingerprint density at radius 3 is 2.67 bits per heavy atom. The molecular formula is C11H15N3O. The number of nitrogens with two attached hydrogens (primary N) is 1. The maximum absolute atomic E-state index is 6.15. The second-order valence-electron chi connectivity index (χ2n) is 3.73. The summed E-state index contributed by atoms with van der Waals surface area (Å²) in [7, 11) is 1.89. The summed E-state index contributed by atoms with van der Waals surface area (Å²) in [6.07, 6.45) is 1.75. The van der Waals surface area contributed by atoms with Gasteiger partial charge in [0.05, 0.1) is 11.7 Å². The number of hydrogen-bond acceptors (Lipinski definition) is 3. The highest BCUT2D eigenvalue weighted by Crippen LogP contribution is 2.24. The van der Waals surface area contributed by atoms with Crippen LogP contribution in [0.1, 0.15) is 28.8 Å². The first-order valence-corrected chi connectivity index (χ1v) is 4.90. The van der Waals surface area contributed by atoms with Crippen LogP contribution in [0.2, 0.25) is 0 Å². The maximum Gasteiger partial charge on any atom is 0.106 e. The van der Waals surface area contributed by atoms with E-state index in [0.29, 0.717) is 0 Å². The van der Waals surface area contributed by atoms with E-state index < -0.39 is 0 Å². The van der Waals surface area contributed by atoms with Crippen molar-refractivity contribution in [2.24, 2.45) is 12.8 Å². The van der Waals surface area contributed by atoms with Gasteiger partial charge < -0.3 is 10.2 Å². The molecule has 2 heterocycles. The summed E-state index contributed by atoms with van der Waals surface area (Å²) in [6, 6.07) is 3.73. The highest BCUT2D eigenvalue weighted by atomic mass is 16.3. The molecule has 1 atom stereocenters. The third-order valence-corrected chi connectivity index (χ3v) is 2.59. The summed E-state index contributed by atoms with van der Waals surface area (Å²) >= 11 is 0. The molecule has 2 rings (SSSR count). The lowest BCUT2D eigenvalue weighted by molar-refractivity contribution is 0.498. The quantitative estimate of drug-likeness (QED) is 0.811. The minimum absolute atomic E-state index is 0.171. The van der Waals surface area contributed by atoms with E-state index in [0.717, 1.165) is 22.8 Å². The molecule has 0 saturated heterocycles. The van der Waals surface area contributed by atoms with Gasteiger partial charge in [-0.05, 0) is 26.0 Å². The lowest BCUT2D eigenvalue weighted by Gasteiger charge is -2.10. The summed E-state index contributed by atoms with van der Waals surface area (Å²) in [5.74, 6) is 1.77. The third kappa shape index (κ3) is 1.68. The predicted octanol–water partition coefficient (Wildman–Crippen LogP) is 1.68. The van der Waals surface area contributed by atoms with Gasteiger partial charge in [-0.3, -0.25) is 4.68 Å². The monoisotopic (exact) mass is 205 g/mol. The summed E-state index contributed by atoms with van der Waals surface area (Å²) < 4.78 is 7.25. The van der Waals surface area contributed by atoms with E-state index in [1.807, 2.05) is 33.0 Å². The van der Waals surface area contributed by atoms with Gasteiger partial charge in [0, 0.05) is 18.8 Å². The molecule has 0 saturated carbocycles. The minimum atomic E-state index is -0.171. The van der Waals surface area contributed by atoms with Crippen LogP contribution in [0.3, 0.4) is 0 Å². The lowest BCUT2D eigenvalue weighted by Crippen LogP contribution is -2.16. The molecule has 0 aromatic carbocycles. The molecule has 0 aliphatic carbocycles. The summed E-state index contributed by atoms with van der Waals surface area (Å²) in [6.45, 7) is 3.85. The zero-order valence-electron chi connectivity index (χ0n) is 9.19. The Labute approximate surface area is 88.7 Å².